The summed E-state index contributed by atoms with van der Waals surface area (Å²) < 4.78 is 1.61. The number of nitrogens with one attached hydrogen (secondary N) is 2. The number of aromatic nitrogens is 6. The van der Waals surface area contributed by atoms with Gasteiger partial charge in [-0.2, -0.15) is 10.4 Å². The van der Waals surface area contributed by atoms with Gasteiger partial charge in [0.15, 0.2) is 10.8 Å². The van der Waals surface area contributed by atoms with Crippen molar-refractivity contribution in [3.05, 3.63) is 71.4 Å². The summed E-state index contributed by atoms with van der Waals surface area (Å²) in [7, 11) is 0. The van der Waals surface area contributed by atoms with Crippen LogP contribution in [0.2, 0.25) is 5.15 Å². The molecule has 9 heteroatoms. The van der Waals surface area contributed by atoms with Crippen molar-refractivity contribution >= 4 is 34.1 Å². The van der Waals surface area contributed by atoms with E-state index in [2.05, 4.69) is 31.3 Å². The summed E-state index contributed by atoms with van der Waals surface area (Å²) in [5.74, 6) is 0.575. The summed E-state index contributed by atoms with van der Waals surface area (Å²) >= 11 is 6.25. The van der Waals surface area contributed by atoms with Crippen LogP contribution >= 0.6 is 11.6 Å². The van der Waals surface area contributed by atoms with Crippen LogP contribution in [-0.4, -0.2) is 29.5 Å². The number of hydrogen-bond acceptors (Lipinski definition) is 6. The van der Waals surface area contributed by atoms with E-state index in [1.54, 1.807) is 16.9 Å². The minimum absolute atomic E-state index is 0.187. The van der Waals surface area contributed by atoms with Gasteiger partial charge >= 0.3 is 0 Å². The average Bonchev–Trinajstić information content (AvgIpc) is 3.37. The lowest BCUT2D eigenvalue weighted by atomic mass is 10.0. The van der Waals surface area contributed by atoms with Crippen molar-refractivity contribution in [2.24, 2.45) is 0 Å². The smallest absolute Gasteiger partial charge is 0.155 e. The number of H-pyrrole nitrogens is 1. The SMILES string of the molecule is C[C@@H](Nc1ncnc2[nH]cc(C#N)c12)c1cc2ncc(Cl)n2nc1-c1ccccc1. The Bertz CT molecular complexity index is 1410. The minimum Gasteiger partial charge on any atom is -0.363 e. The molecule has 0 aliphatic rings. The molecule has 0 aliphatic heterocycles. The summed E-state index contributed by atoms with van der Waals surface area (Å²) in [4.78, 5) is 15.9. The lowest BCUT2D eigenvalue weighted by molar-refractivity contribution is 0.843. The molecule has 1 atom stereocenters. The molecule has 0 unspecified atom stereocenters. The van der Waals surface area contributed by atoms with Crippen molar-refractivity contribution in [2.75, 3.05) is 5.32 Å². The molecule has 0 saturated heterocycles. The van der Waals surface area contributed by atoms with E-state index in [4.69, 9.17) is 16.7 Å². The summed E-state index contributed by atoms with van der Waals surface area (Å²) in [6.07, 6.45) is 4.67. The third-order valence-electron chi connectivity index (χ3n) is 4.94. The van der Waals surface area contributed by atoms with Gasteiger partial charge in [0.2, 0.25) is 0 Å². The Morgan fingerprint density at radius 1 is 1.20 bits per heavy atom. The molecule has 0 bridgehead atoms. The molecule has 0 amide bonds. The average molecular weight is 415 g/mol. The van der Waals surface area contributed by atoms with Crippen LogP contribution in [0.1, 0.15) is 24.1 Å². The third kappa shape index (κ3) is 2.93. The number of fused-ring (bicyclic) bond motifs is 2. The Kier molecular flexibility index (Phi) is 4.30. The van der Waals surface area contributed by atoms with E-state index in [0.717, 1.165) is 16.8 Å². The number of anilines is 1. The molecule has 4 heterocycles. The van der Waals surface area contributed by atoms with Crippen LogP contribution < -0.4 is 5.32 Å². The second-order valence-electron chi connectivity index (χ2n) is 6.79. The standard InChI is InChI=1S/C21H15ClN8/c1-12(28-21-18-14(8-23)9-25-20(18)26-11-27-21)15-7-17-24-10-16(22)30(17)29-19(15)13-5-3-2-4-6-13/h2-7,9-12H,1H3,(H2,25,26,27,28)/t12-/m1/s1. The highest BCUT2D eigenvalue weighted by atomic mass is 35.5. The van der Waals surface area contributed by atoms with Crippen molar-refractivity contribution in [1.29, 1.82) is 5.26 Å². The highest BCUT2D eigenvalue weighted by molar-refractivity contribution is 6.29. The molecule has 0 radical (unpaired) electrons. The molecule has 146 valence electrons. The molecule has 8 nitrogen and oxygen atoms in total. The monoisotopic (exact) mass is 414 g/mol. The minimum atomic E-state index is -0.187. The van der Waals surface area contributed by atoms with E-state index in [9.17, 15) is 5.26 Å². The zero-order chi connectivity index (χ0) is 20.7. The molecule has 0 saturated carbocycles. The number of benzene rings is 1. The molecule has 5 aromatic rings. The molecule has 0 spiro atoms. The van der Waals surface area contributed by atoms with Crippen molar-refractivity contribution in [2.45, 2.75) is 13.0 Å². The van der Waals surface area contributed by atoms with Crippen LogP contribution in [0.15, 0.2) is 55.1 Å². The van der Waals surface area contributed by atoms with Gasteiger partial charge in [0, 0.05) is 17.3 Å². The second kappa shape index (κ2) is 7.13. The topological polar surface area (TPSA) is 108 Å². The summed E-state index contributed by atoms with van der Waals surface area (Å²) in [5, 5.41) is 18.7. The van der Waals surface area contributed by atoms with Gasteiger partial charge in [-0.15, -0.1) is 0 Å². The number of aromatic amines is 1. The zero-order valence-electron chi connectivity index (χ0n) is 15.8. The van der Waals surface area contributed by atoms with Crippen LogP contribution in [-0.2, 0) is 0 Å². The fourth-order valence-electron chi connectivity index (χ4n) is 3.49. The van der Waals surface area contributed by atoms with Gasteiger partial charge in [-0.3, -0.25) is 0 Å². The van der Waals surface area contributed by atoms with E-state index in [-0.39, 0.29) is 6.04 Å². The molecular weight excluding hydrogens is 400 g/mol. The van der Waals surface area contributed by atoms with Crippen LogP contribution in [0, 0.1) is 11.3 Å². The van der Waals surface area contributed by atoms with Gasteiger partial charge in [-0.1, -0.05) is 41.9 Å². The first kappa shape index (κ1) is 18.1. The summed E-state index contributed by atoms with van der Waals surface area (Å²) in [6.45, 7) is 2.01. The van der Waals surface area contributed by atoms with Crippen molar-refractivity contribution in [3.63, 3.8) is 0 Å². The number of halogens is 1. The maximum absolute atomic E-state index is 9.43. The van der Waals surface area contributed by atoms with Gasteiger partial charge in [-0.25, -0.2) is 19.5 Å². The maximum Gasteiger partial charge on any atom is 0.155 e. The predicted molar refractivity (Wildman–Crippen MR) is 114 cm³/mol. The van der Waals surface area contributed by atoms with Gasteiger partial charge in [0.1, 0.15) is 23.9 Å². The Morgan fingerprint density at radius 3 is 2.83 bits per heavy atom. The summed E-state index contributed by atoms with van der Waals surface area (Å²) in [6, 6.07) is 13.8. The fraction of sp³-hybridized carbons (Fsp3) is 0.0952. The van der Waals surface area contributed by atoms with Gasteiger partial charge in [0.25, 0.3) is 0 Å². The van der Waals surface area contributed by atoms with Crippen LogP contribution in [0.4, 0.5) is 5.82 Å². The first-order chi connectivity index (χ1) is 14.7. The molecule has 30 heavy (non-hydrogen) atoms. The van der Waals surface area contributed by atoms with E-state index >= 15 is 0 Å². The number of rotatable bonds is 4. The Labute approximate surface area is 176 Å². The number of hydrogen-bond donors (Lipinski definition) is 2. The molecule has 5 rings (SSSR count). The Balaban J connectivity index is 1.64. The van der Waals surface area contributed by atoms with E-state index in [1.165, 1.54) is 6.33 Å². The Morgan fingerprint density at radius 2 is 2.03 bits per heavy atom. The molecule has 4 aromatic heterocycles. The predicted octanol–water partition coefficient (Wildman–Crippen LogP) is 4.37. The lowest BCUT2D eigenvalue weighted by Crippen LogP contribution is -2.12. The zero-order valence-corrected chi connectivity index (χ0v) is 16.6. The molecule has 2 N–H and O–H groups in total. The first-order valence-electron chi connectivity index (χ1n) is 9.24. The molecular formula is C21H15ClN8. The quantitative estimate of drug-likeness (QED) is 0.452. The van der Waals surface area contributed by atoms with Crippen LogP contribution in [0.5, 0.6) is 0 Å². The lowest BCUT2D eigenvalue weighted by Gasteiger charge is -2.19. The van der Waals surface area contributed by atoms with E-state index < -0.39 is 0 Å². The number of nitrogens with zero attached hydrogens (tertiary/aromatic N) is 6. The fourth-order valence-corrected chi connectivity index (χ4v) is 3.67. The van der Waals surface area contributed by atoms with Crippen LogP contribution in [0.25, 0.3) is 27.9 Å². The van der Waals surface area contributed by atoms with E-state index in [1.807, 2.05) is 43.3 Å². The van der Waals surface area contributed by atoms with Crippen LogP contribution in [0.3, 0.4) is 0 Å². The second-order valence-corrected chi connectivity index (χ2v) is 7.18. The summed E-state index contributed by atoms with van der Waals surface area (Å²) in [5.41, 5.74) is 4.40. The molecule has 0 fully saturated rings. The number of imidazole rings is 1. The largest absolute Gasteiger partial charge is 0.363 e. The third-order valence-corrected chi connectivity index (χ3v) is 5.20. The first-order valence-corrected chi connectivity index (χ1v) is 9.62. The van der Waals surface area contributed by atoms with Crippen molar-refractivity contribution in [3.8, 4) is 17.3 Å². The van der Waals surface area contributed by atoms with Gasteiger partial charge in [-0.05, 0) is 13.0 Å². The van der Waals surface area contributed by atoms with Crippen molar-refractivity contribution in [1.82, 2.24) is 29.5 Å². The maximum atomic E-state index is 9.43. The molecule has 0 aliphatic carbocycles. The number of nitriles is 1. The van der Waals surface area contributed by atoms with Gasteiger partial charge < -0.3 is 10.3 Å². The normalized spacial score (nSPS) is 12.2. The highest BCUT2D eigenvalue weighted by Crippen LogP contribution is 2.32. The molecule has 1 aromatic carbocycles. The van der Waals surface area contributed by atoms with E-state index in [0.29, 0.717) is 33.2 Å². The van der Waals surface area contributed by atoms with Crippen molar-refractivity contribution < 1.29 is 0 Å². The van der Waals surface area contributed by atoms with Gasteiger partial charge in [0.05, 0.1) is 28.9 Å². The highest BCUT2D eigenvalue weighted by Gasteiger charge is 2.19. The Hall–Kier alpha value is -3.96.